The molecule has 2 aliphatic heterocycles. The minimum Gasteiger partial charge on any atom is -0.396 e. The van der Waals surface area contributed by atoms with Crippen LogP contribution in [0, 0.1) is 18.3 Å². The van der Waals surface area contributed by atoms with E-state index in [4.69, 9.17) is 0 Å². The lowest BCUT2D eigenvalue weighted by molar-refractivity contribution is 0.0129. The van der Waals surface area contributed by atoms with E-state index in [0.29, 0.717) is 37.3 Å². The Kier molecular flexibility index (Phi) is 4.39. The minimum absolute atomic E-state index is 0.0799. The van der Waals surface area contributed by atoms with Crippen LogP contribution in [0.15, 0.2) is 18.3 Å². The van der Waals surface area contributed by atoms with Gasteiger partial charge in [0.2, 0.25) is 10.0 Å². The van der Waals surface area contributed by atoms with Gasteiger partial charge in [-0.1, -0.05) is 0 Å². The number of hydrogen-bond acceptors (Lipinski definition) is 5. The normalized spacial score (nSPS) is 28.0. The summed E-state index contributed by atoms with van der Waals surface area (Å²) >= 11 is 0. The third-order valence-electron chi connectivity index (χ3n) is 5.34. The molecule has 3 heterocycles. The number of aryl methyl sites for hydroxylation is 1. The van der Waals surface area contributed by atoms with Gasteiger partial charge in [-0.05, 0) is 31.4 Å². The summed E-state index contributed by atoms with van der Waals surface area (Å²) in [7, 11) is -3.30. The number of piperidine rings is 1. The molecule has 2 atom stereocenters. The Balaban J connectivity index is 1.84. The van der Waals surface area contributed by atoms with Crippen LogP contribution in [-0.4, -0.2) is 72.7 Å². The molecular weight excluding hydrogens is 330 g/mol. The Morgan fingerprint density at radius 3 is 2.83 bits per heavy atom. The first-order valence-corrected chi connectivity index (χ1v) is 9.88. The van der Waals surface area contributed by atoms with Crippen molar-refractivity contribution < 1.29 is 18.3 Å². The van der Waals surface area contributed by atoms with Crippen LogP contribution in [0.25, 0.3) is 0 Å². The molecule has 0 radical (unpaired) electrons. The maximum atomic E-state index is 12.8. The summed E-state index contributed by atoms with van der Waals surface area (Å²) < 4.78 is 25.2. The molecule has 2 aliphatic rings. The van der Waals surface area contributed by atoms with Crippen LogP contribution in [0.5, 0.6) is 0 Å². The van der Waals surface area contributed by atoms with Gasteiger partial charge in [-0.25, -0.2) is 12.7 Å². The lowest BCUT2D eigenvalue weighted by Crippen LogP contribution is -2.52. The van der Waals surface area contributed by atoms with Gasteiger partial charge in [0.15, 0.2) is 0 Å². The standard InChI is InChI=1S/C16H23N3O4S/c1-12-14(4-3-6-17-12)15(21)18-7-5-13-8-19(24(2,22)23)10-16(13,9-18)11-20/h3-4,6,13,20H,5,7-11H2,1-2H3. The van der Waals surface area contributed by atoms with E-state index in [-0.39, 0.29) is 25.0 Å². The Labute approximate surface area is 142 Å². The van der Waals surface area contributed by atoms with Crippen LogP contribution >= 0.6 is 0 Å². The quantitative estimate of drug-likeness (QED) is 0.833. The van der Waals surface area contributed by atoms with E-state index in [1.165, 1.54) is 10.6 Å². The number of aromatic nitrogens is 1. The molecule has 1 aromatic rings. The number of hydrogen-bond donors (Lipinski definition) is 1. The average molecular weight is 353 g/mol. The summed E-state index contributed by atoms with van der Waals surface area (Å²) in [5.41, 5.74) is 0.654. The number of likely N-dealkylation sites (tertiary alicyclic amines) is 1. The van der Waals surface area contributed by atoms with Crippen molar-refractivity contribution in [1.82, 2.24) is 14.2 Å². The second-order valence-corrected chi connectivity index (χ2v) is 8.91. The maximum absolute atomic E-state index is 12.8. The molecule has 3 rings (SSSR count). The van der Waals surface area contributed by atoms with Gasteiger partial charge < -0.3 is 10.0 Å². The highest BCUT2D eigenvalue weighted by Gasteiger charge is 2.52. The lowest BCUT2D eigenvalue weighted by Gasteiger charge is -2.43. The van der Waals surface area contributed by atoms with Crippen molar-refractivity contribution in [2.45, 2.75) is 13.3 Å². The van der Waals surface area contributed by atoms with E-state index in [9.17, 15) is 18.3 Å². The van der Waals surface area contributed by atoms with E-state index >= 15 is 0 Å². The number of carbonyl (C=O) groups is 1. The number of amides is 1. The SMILES string of the molecule is Cc1ncccc1C(=O)N1CCC2CN(S(C)(=O)=O)CC2(CO)C1. The molecule has 1 amide bonds. The van der Waals surface area contributed by atoms with E-state index in [0.717, 1.165) is 0 Å². The predicted octanol–water partition coefficient (Wildman–Crippen LogP) is 0.106. The molecule has 0 bridgehead atoms. The van der Waals surface area contributed by atoms with Crippen molar-refractivity contribution in [3.05, 3.63) is 29.6 Å². The van der Waals surface area contributed by atoms with Crippen molar-refractivity contribution in [1.29, 1.82) is 0 Å². The van der Waals surface area contributed by atoms with Crippen molar-refractivity contribution in [2.75, 3.05) is 39.0 Å². The molecular formula is C16H23N3O4S. The monoisotopic (exact) mass is 353 g/mol. The maximum Gasteiger partial charge on any atom is 0.255 e. The van der Waals surface area contributed by atoms with Crippen molar-refractivity contribution >= 4 is 15.9 Å². The largest absolute Gasteiger partial charge is 0.396 e. The molecule has 7 nitrogen and oxygen atoms in total. The van der Waals surface area contributed by atoms with Gasteiger partial charge in [-0.2, -0.15) is 0 Å². The van der Waals surface area contributed by atoms with Crippen LogP contribution in [0.2, 0.25) is 0 Å². The summed E-state index contributed by atoms with van der Waals surface area (Å²) in [6.45, 7) is 3.29. The number of aliphatic hydroxyl groups excluding tert-OH is 1. The second-order valence-electron chi connectivity index (χ2n) is 6.92. The summed E-state index contributed by atoms with van der Waals surface area (Å²) in [6, 6.07) is 3.48. The Bertz CT molecular complexity index is 751. The van der Waals surface area contributed by atoms with Crippen LogP contribution in [-0.2, 0) is 10.0 Å². The first kappa shape index (κ1) is 17.3. The van der Waals surface area contributed by atoms with E-state index < -0.39 is 15.4 Å². The Morgan fingerprint density at radius 1 is 1.46 bits per heavy atom. The minimum atomic E-state index is -3.30. The van der Waals surface area contributed by atoms with Crippen LogP contribution in [0.4, 0.5) is 0 Å². The molecule has 2 saturated heterocycles. The summed E-state index contributed by atoms with van der Waals surface area (Å²) in [5.74, 6) is -0.0269. The van der Waals surface area contributed by atoms with Crippen LogP contribution < -0.4 is 0 Å². The van der Waals surface area contributed by atoms with Crippen molar-refractivity contribution in [2.24, 2.45) is 11.3 Å². The molecule has 132 valence electrons. The summed E-state index contributed by atoms with van der Waals surface area (Å²) in [5, 5.41) is 9.99. The van der Waals surface area contributed by atoms with Gasteiger partial charge in [0.25, 0.3) is 5.91 Å². The third kappa shape index (κ3) is 2.94. The van der Waals surface area contributed by atoms with Gasteiger partial charge >= 0.3 is 0 Å². The first-order valence-electron chi connectivity index (χ1n) is 8.04. The van der Waals surface area contributed by atoms with Crippen molar-refractivity contribution in [3.8, 4) is 0 Å². The zero-order chi connectivity index (χ0) is 17.5. The molecule has 8 heteroatoms. The van der Waals surface area contributed by atoms with Crippen LogP contribution in [0.1, 0.15) is 22.5 Å². The Hall–Kier alpha value is -1.51. The van der Waals surface area contributed by atoms with E-state index in [2.05, 4.69) is 4.98 Å². The lowest BCUT2D eigenvalue weighted by atomic mass is 9.74. The molecule has 1 N–H and O–H groups in total. The number of aliphatic hydroxyl groups is 1. The molecule has 24 heavy (non-hydrogen) atoms. The average Bonchev–Trinajstić information content (AvgIpc) is 2.94. The fourth-order valence-electron chi connectivity index (χ4n) is 3.87. The van der Waals surface area contributed by atoms with Gasteiger partial charge in [-0.15, -0.1) is 0 Å². The fraction of sp³-hybridized carbons (Fsp3) is 0.625. The molecule has 1 aromatic heterocycles. The molecule has 2 unspecified atom stereocenters. The van der Waals surface area contributed by atoms with Crippen LogP contribution in [0.3, 0.4) is 0 Å². The molecule has 0 aliphatic carbocycles. The number of sulfonamides is 1. The fourth-order valence-corrected chi connectivity index (χ4v) is 4.81. The molecule has 2 fully saturated rings. The van der Waals surface area contributed by atoms with Gasteiger partial charge in [-0.3, -0.25) is 9.78 Å². The number of carbonyl (C=O) groups excluding carboxylic acids is 1. The highest BCUT2D eigenvalue weighted by molar-refractivity contribution is 7.88. The smallest absolute Gasteiger partial charge is 0.255 e. The number of nitrogens with zero attached hydrogens (tertiary/aromatic N) is 3. The van der Waals surface area contributed by atoms with Gasteiger partial charge in [0.1, 0.15) is 0 Å². The van der Waals surface area contributed by atoms with E-state index in [1.54, 1.807) is 30.2 Å². The molecule has 0 spiro atoms. The predicted molar refractivity (Wildman–Crippen MR) is 88.9 cm³/mol. The molecule has 0 aromatic carbocycles. The number of pyridine rings is 1. The van der Waals surface area contributed by atoms with E-state index in [1.807, 2.05) is 0 Å². The third-order valence-corrected chi connectivity index (χ3v) is 6.56. The molecule has 0 saturated carbocycles. The van der Waals surface area contributed by atoms with Gasteiger partial charge in [0, 0.05) is 43.5 Å². The number of rotatable bonds is 3. The Morgan fingerprint density at radius 2 is 2.21 bits per heavy atom. The highest BCUT2D eigenvalue weighted by atomic mass is 32.2. The number of fused-ring (bicyclic) bond motifs is 1. The summed E-state index contributed by atoms with van der Waals surface area (Å²) in [4.78, 5) is 18.7. The van der Waals surface area contributed by atoms with Crippen molar-refractivity contribution in [3.63, 3.8) is 0 Å². The topological polar surface area (TPSA) is 90.8 Å². The second kappa shape index (κ2) is 6.09. The van der Waals surface area contributed by atoms with Gasteiger partial charge in [0.05, 0.1) is 18.4 Å². The zero-order valence-corrected chi connectivity index (χ0v) is 14.8. The highest BCUT2D eigenvalue weighted by Crippen LogP contribution is 2.43. The first-order chi connectivity index (χ1) is 11.3. The summed E-state index contributed by atoms with van der Waals surface area (Å²) in [6.07, 6.45) is 3.53. The zero-order valence-electron chi connectivity index (χ0n) is 14.0.